The Hall–Kier alpha value is -0.900. The Labute approximate surface area is 285 Å². The number of hydrogen-bond donors (Lipinski definition) is 3. The first-order valence-corrected chi connectivity index (χ1v) is 18.7. The third-order valence-electron chi connectivity index (χ3n) is 6.49. The Balaban J connectivity index is -0.000000118. The molecule has 0 aliphatic rings. The summed E-state index contributed by atoms with van der Waals surface area (Å²) in [5.41, 5.74) is 15.9. The quantitative estimate of drug-likeness (QED) is 0.0761. The van der Waals surface area contributed by atoms with Gasteiger partial charge < -0.3 is 27.0 Å². The van der Waals surface area contributed by atoms with E-state index in [2.05, 4.69) is 53.5 Å². The fourth-order valence-electron chi connectivity index (χ4n) is 3.18. The number of rotatable bonds is 23. The standard InChI is InChI=1S/C12H24N2O2.C12H28N2.C4H12N2.C4H10.C3H8.C2H6/c1-3-4-11(15)6-9-14(2)10-7-12(16)5-8-13;1-3-4-5-8-11-14(2)12-9-6-7-10-13;1-3-6(2)4-5;1-3-4-2;1-3-2;1-2/h3-10,13H2,1-2H3;3-13H2,1-2H3;3-5H2,1-2H3;3-4H2,1-2H3;3H2,1-2H3;1-2H3. The number of unbranched alkanes of at least 4 members (excludes halogenated alkanes) is 6. The van der Waals surface area contributed by atoms with Crippen LogP contribution in [0.1, 0.15) is 159 Å². The fraction of sp³-hybridized carbons (Fsp3) is 0.946. The molecule has 45 heavy (non-hydrogen) atoms. The van der Waals surface area contributed by atoms with Crippen LogP contribution in [-0.4, -0.2) is 99.9 Å². The van der Waals surface area contributed by atoms with E-state index in [4.69, 9.17) is 17.2 Å². The van der Waals surface area contributed by atoms with Crippen LogP contribution in [0.25, 0.3) is 0 Å². The highest BCUT2D eigenvalue weighted by Crippen LogP contribution is 2.02. The summed E-state index contributed by atoms with van der Waals surface area (Å²) in [4.78, 5) is 29.0. The van der Waals surface area contributed by atoms with E-state index < -0.39 is 0 Å². The molecule has 0 unspecified atom stereocenters. The average Bonchev–Trinajstić information content (AvgIpc) is 3.05. The zero-order valence-corrected chi connectivity index (χ0v) is 33.2. The van der Waals surface area contributed by atoms with Crippen LogP contribution in [0, 0.1) is 0 Å². The third kappa shape index (κ3) is 70.7. The molecule has 0 aromatic carbocycles. The summed E-state index contributed by atoms with van der Waals surface area (Å²) in [6.45, 7) is 25.9. The number of ketones is 2. The molecule has 0 spiro atoms. The first-order chi connectivity index (χ1) is 21.5. The molecule has 0 aliphatic heterocycles. The molecular weight excluding hydrogens is 560 g/mol. The Bertz CT molecular complexity index is 469. The number of carbonyl (C=O) groups is 2. The minimum Gasteiger partial charge on any atom is -0.330 e. The lowest BCUT2D eigenvalue weighted by molar-refractivity contribution is -0.119. The van der Waals surface area contributed by atoms with Crippen molar-refractivity contribution in [3.05, 3.63) is 0 Å². The second-order valence-electron chi connectivity index (χ2n) is 11.4. The van der Waals surface area contributed by atoms with E-state index in [-0.39, 0.29) is 5.78 Å². The molecule has 0 saturated carbocycles. The molecule has 0 amide bonds. The molecule has 0 bridgehead atoms. The number of hydrogen-bond acceptors (Lipinski definition) is 8. The number of nitrogens with two attached hydrogens (primary N) is 3. The highest BCUT2D eigenvalue weighted by Gasteiger charge is 2.06. The maximum Gasteiger partial charge on any atom is 0.135 e. The van der Waals surface area contributed by atoms with Crippen molar-refractivity contribution < 1.29 is 9.59 Å². The minimum absolute atomic E-state index is 0.203. The fourth-order valence-corrected chi connectivity index (χ4v) is 3.18. The van der Waals surface area contributed by atoms with Crippen LogP contribution in [0.5, 0.6) is 0 Å². The van der Waals surface area contributed by atoms with Gasteiger partial charge in [-0.15, -0.1) is 0 Å². The van der Waals surface area contributed by atoms with Crippen molar-refractivity contribution in [1.29, 1.82) is 0 Å². The Morgan fingerprint density at radius 3 is 1.20 bits per heavy atom. The molecule has 8 nitrogen and oxygen atoms in total. The van der Waals surface area contributed by atoms with Gasteiger partial charge in [-0.3, -0.25) is 14.5 Å². The van der Waals surface area contributed by atoms with Crippen LogP contribution in [-0.2, 0) is 9.59 Å². The van der Waals surface area contributed by atoms with Gasteiger partial charge in [-0.2, -0.15) is 0 Å². The van der Waals surface area contributed by atoms with Gasteiger partial charge in [-0.05, 0) is 79.6 Å². The van der Waals surface area contributed by atoms with E-state index >= 15 is 0 Å². The SMILES string of the molecule is CC.CCC.CCCC.CCCC(=O)CCN(C)CCC(=O)CCN.CCCCCCN(C)CCCCCN.CCN(C)CN. The van der Waals surface area contributed by atoms with Crippen LogP contribution >= 0.6 is 0 Å². The Morgan fingerprint density at radius 2 is 0.889 bits per heavy atom. The second kappa shape index (κ2) is 55.5. The van der Waals surface area contributed by atoms with Gasteiger partial charge in [0.05, 0.1) is 0 Å². The second-order valence-corrected chi connectivity index (χ2v) is 11.4. The maximum absolute atomic E-state index is 11.3. The number of nitrogens with zero attached hydrogens (tertiary/aromatic N) is 3. The van der Waals surface area contributed by atoms with Crippen LogP contribution in [0.4, 0.5) is 0 Å². The zero-order valence-electron chi connectivity index (χ0n) is 33.2. The summed E-state index contributed by atoms with van der Waals surface area (Å²) in [6, 6.07) is 0. The molecule has 0 atom stereocenters. The summed E-state index contributed by atoms with van der Waals surface area (Å²) < 4.78 is 0. The summed E-state index contributed by atoms with van der Waals surface area (Å²) in [7, 11) is 6.16. The summed E-state index contributed by atoms with van der Waals surface area (Å²) >= 11 is 0. The van der Waals surface area contributed by atoms with Crippen molar-refractivity contribution in [3.8, 4) is 0 Å². The molecule has 0 aliphatic carbocycles. The first kappa shape index (κ1) is 56.4. The maximum atomic E-state index is 11.3. The molecule has 0 aromatic heterocycles. The zero-order chi connectivity index (χ0) is 36.2. The van der Waals surface area contributed by atoms with E-state index in [9.17, 15) is 9.59 Å². The van der Waals surface area contributed by atoms with E-state index in [0.717, 1.165) is 32.6 Å². The van der Waals surface area contributed by atoms with Crippen LogP contribution in [0.2, 0.25) is 0 Å². The average molecular weight is 649 g/mol. The van der Waals surface area contributed by atoms with Gasteiger partial charge in [0, 0.05) is 45.4 Å². The van der Waals surface area contributed by atoms with Gasteiger partial charge >= 0.3 is 0 Å². The lowest BCUT2D eigenvalue weighted by atomic mass is 10.1. The van der Waals surface area contributed by atoms with Crippen molar-refractivity contribution in [2.75, 3.05) is 73.6 Å². The molecular formula is C37H88N6O2. The van der Waals surface area contributed by atoms with Crippen LogP contribution < -0.4 is 17.2 Å². The molecule has 0 aromatic rings. The van der Waals surface area contributed by atoms with Crippen molar-refractivity contribution in [2.24, 2.45) is 17.2 Å². The first-order valence-electron chi connectivity index (χ1n) is 18.7. The van der Waals surface area contributed by atoms with Crippen LogP contribution in [0.3, 0.4) is 0 Å². The van der Waals surface area contributed by atoms with Gasteiger partial charge in [0.2, 0.25) is 0 Å². The number of Topliss-reactive ketones (excluding diaryl/α,β-unsaturated/α-hetero) is 2. The summed E-state index contributed by atoms with van der Waals surface area (Å²) in [5.74, 6) is 0.511. The largest absolute Gasteiger partial charge is 0.330 e. The van der Waals surface area contributed by atoms with Gasteiger partial charge in [-0.25, -0.2) is 0 Å². The van der Waals surface area contributed by atoms with Crippen molar-refractivity contribution in [1.82, 2.24) is 14.7 Å². The monoisotopic (exact) mass is 649 g/mol. The number of carbonyl (C=O) groups excluding carboxylic acids is 2. The topological polar surface area (TPSA) is 122 Å². The van der Waals surface area contributed by atoms with E-state index in [0.29, 0.717) is 44.7 Å². The highest BCUT2D eigenvalue weighted by molar-refractivity contribution is 5.79. The third-order valence-corrected chi connectivity index (χ3v) is 6.49. The normalized spacial score (nSPS) is 9.82. The minimum atomic E-state index is 0.203. The Morgan fingerprint density at radius 1 is 0.467 bits per heavy atom. The van der Waals surface area contributed by atoms with Gasteiger partial charge in [0.15, 0.2) is 0 Å². The van der Waals surface area contributed by atoms with Gasteiger partial charge in [-0.1, -0.05) is 107 Å². The molecule has 0 rings (SSSR count). The summed E-state index contributed by atoms with van der Waals surface area (Å²) in [6.07, 6.45) is 16.3. The van der Waals surface area contributed by atoms with Crippen molar-refractivity contribution >= 4 is 11.6 Å². The predicted octanol–water partition coefficient (Wildman–Crippen LogP) is 7.72. The molecule has 8 heteroatoms. The predicted molar refractivity (Wildman–Crippen MR) is 205 cm³/mol. The molecule has 6 N–H and O–H groups in total. The van der Waals surface area contributed by atoms with Gasteiger partial charge in [0.1, 0.15) is 11.6 Å². The lowest BCUT2D eigenvalue weighted by Gasteiger charge is -2.15. The van der Waals surface area contributed by atoms with Crippen LogP contribution in [0.15, 0.2) is 0 Å². The van der Waals surface area contributed by atoms with Crippen molar-refractivity contribution in [2.45, 2.75) is 159 Å². The Kier molecular flexibility index (Phi) is 69.6. The van der Waals surface area contributed by atoms with E-state index in [1.807, 2.05) is 44.7 Å². The molecule has 0 heterocycles. The molecule has 0 radical (unpaired) electrons. The van der Waals surface area contributed by atoms with E-state index in [1.165, 1.54) is 77.3 Å². The molecule has 278 valence electrons. The molecule has 0 saturated heterocycles. The smallest absolute Gasteiger partial charge is 0.135 e. The summed E-state index contributed by atoms with van der Waals surface area (Å²) in [5, 5.41) is 0. The highest BCUT2D eigenvalue weighted by atomic mass is 16.1. The van der Waals surface area contributed by atoms with Crippen molar-refractivity contribution in [3.63, 3.8) is 0 Å². The molecule has 0 fully saturated rings. The van der Waals surface area contributed by atoms with E-state index in [1.54, 1.807) is 0 Å². The van der Waals surface area contributed by atoms with Gasteiger partial charge in [0.25, 0.3) is 0 Å². The lowest BCUT2D eigenvalue weighted by Crippen LogP contribution is -2.25.